The minimum atomic E-state index is -2.59. The van der Waals surface area contributed by atoms with Gasteiger partial charge < -0.3 is 34.6 Å². The number of nitrogens with zero attached hydrogens (tertiary/aromatic N) is 4. The molecular formula is C39H47N5O8Si. The van der Waals surface area contributed by atoms with Gasteiger partial charge in [-0.1, -0.05) is 49.5 Å². The summed E-state index contributed by atoms with van der Waals surface area (Å²) in [6.07, 6.45) is 0.868. The number of hydrogen-bond donors (Lipinski definition) is 2. The van der Waals surface area contributed by atoms with Crippen LogP contribution in [0.15, 0.2) is 66.7 Å². The van der Waals surface area contributed by atoms with Crippen molar-refractivity contribution >= 4 is 48.0 Å². The Kier molecular flexibility index (Phi) is 9.91. The summed E-state index contributed by atoms with van der Waals surface area (Å²) < 4.78 is 12.5. The first-order valence-electron chi connectivity index (χ1n) is 18.3. The number of non-ortho nitro benzene ring substituents is 1. The van der Waals surface area contributed by atoms with Gasteiger partial charge in [0.15, 0.2) is 5.60 Å². The zero-order valence-corrected chi connectivity index (χ0v) is 31.6. The summed E-state index contributed by atoms with van der Waals surface area (Å²) in [5, 5.41) is 26.4. The van der Waals surface area contributed by atoms with Crippen LogP contribution in [0.4, 0.5) is 17.1 Å². The molecule has 3 aromatic carbocycles. The van der Waals surface area contributed by atoms with E-state index < -0.39 is 30.6 Å². The zero-order chi connectivity index (χ0) is 37.7. The van der Waals surface area contributed by atoms with Gasteiger partial charge in [-0.3, -0.25) is 24.5 Å². The molecule has 0 saturated carbocycles. The number of nitro groups is 1. The summed E-state index contributed by atoms with van der Waals surface area (Å²) in [6, 6.07) is 19.7. The molecule has 1 spiro atoms. The fraction of sp³-hybridized carbons (Fsp3) is 0.462. The average molecular weight is 742 g/mol. The predicted molar refractivity (Wildman–Crippen MR) is 202 cm³/mol. The number of fused-ring (bicyclic) bond motifs is 2. The van der Waals surface area contributed by atoms with Crippen LogP contribution in [0.5, 0.6) is 5.75 Å². The quantitative estimate of drug-likeness (QED) is 0.180. The molecule has 4 heterocycles. The van der Waals surface area contributed by atoms with Crippen LogP contribution in [0, 0.1) is 16.0 Å². The second-order valence-electron chi connectivity index (χ2n) is 15.2. The van der Waals surface area contributed by atoms with Gasteiger partial charge in [-0.25, -0.2) is 0 Å². The van der Waals surface area contributed by atoms with Gasteiger partial charge in [-0.15, -0.1) is 0 Å². The smallest absolute Gasteiger partial charge is 0.269 e. The summed E-state index contributed by atoms with van der Waals surface area (Å²) in [4.78, 5) is 58.5. The lowest BCUT2D eigenvalue weighted by Gasteiger charge is -2.37. The van der Waals surface area contributed by atoms with Crippen molar-refractivity contribution in [1.29, 1.82) is 0 Å². The van der Waals surface area contributed by atoms with E-state index >= 15 is 4.79 Å². The molecule has 13 nitrogen and oxygen atoms in total. The largest absolute Gasteiger partial charge is 0.497 e. The number of benzene rings is 3. The molecule has 5 atom stereocenters. The van der Waals surface area contributed by atoms with E-state index in [2.05, 4.69) is 18.4 Å². The van der Waals surface area contributed by atoms with Crippen molar-refractivity contribution in [3.63, 3.8) is 0 Å². The van der Waals surface area contributed by atoms with Gasteiger partial charge >= 0.3 is 0 Å². The maximum Gasteiger partial charge on any atom is 0.269 e. The van der Waals surface area contributed by atoms with Crippen LogP contribution in [0.1, 0.15) is 37.3 Å². The van der Waals surface area contributed by atoms with Crippen molar-refractivity contribution in [3.05, 3.63) is 88.0 Å². The summed E-state index contributed by atoms with van der Waals surface area (Å²) >= 11 is 0. The average Bonchev–Trinajstić information content (AvgIpc) is 3.82. The van der Waals surface area contributed by atoms with E-state index in [1.54, 1.807) is 27.9 Å². The van der Waals surface area contributed by atoms with Crippen LogP contribution in [0.2, 0.25) is 18.6 Å². The van der Waals surface area contributed by atoms with Crippen molar-refractivity contribution in [1.82, 2.24) is 10.2 Å². The van der Waals surface area contributed by atoms with E-state index in [-0.39, 0.29) is 61.1 Å². The molecule has 7 rings (SSSR count). The second kappa shape index (κ2) is 14.3. The first kappa shape index (κ1) is 36.7. The predicted octanol–water partition coefficient (Wildman–Crippen LogP) is 3.68. The molecular weight excluding hydrogens is 695 g/mol. The Morgan fingerprint density at radius 2 is 1.83 bits per heavy atom. The van der Waals surface area contributed by atoms with Gasteiger partial charge in [-0.05, 0) is 54.3 Å². The summed E-state index contributed by atoms with van der Waals surface area (Å²) in [5.41, 5.74) is 0.575. The van der Waals surface area contributed by atoms with Crippen LogP contribution in [0.25, 0.3) is 0 Å². The number of anilines is 2. The minimum Gasteiger partial charge on any atom is -0.497 e. The first-order valence-corrected chi connectivity index (χ1v) is 21.4. The lowest BCUT2D eigenvalue weighted by atomic mass is 9.82. The van der Waals surface area contributed by atoms with Gasteiger partial charge in [0, 0.05) is 48.9 Å². The molecule has 0 radical (unpaired) electrons. The molecule has 0 aromatic heterocycles. The highest BCUT2D eigenvalue weighted by atomic mass is 28.3. The molecule has 53 heavy (non-hydrogen) atoms. The first-order chi connectivity index (χ1) is 25.4. The Bertz CT molecular complexity index is 1910. The molecule has 280 valence electrons. The Labute approximate surface area is 310 Å². The maximum absolute atomic E-state index is 15.2. The van der Waals surface area contributed by atoms with Crippen LogP contribution < -0.4 is 25.0 Å². The van der Waals surface area contributed by atoms with Gasteiger partial charge in [0.25, 0.3) is 11.6 Å². The molecule has 3 saturated heterocycles. The Hall–Kier alpha value is -4.63. The SMILES string of the molecule is COc1ccc([Si](C)(C)[C@H]2[C@H](CC(=O)N3CCC[C@H]3CO)O[C@@]3(C(=O)N(Cc4ccc(N5CCNCC5=O)cc4)c4ccc([N+](=O)[O-])cc43)[C@@H]2C)cc1. The highest BCUT2D eigenvalue weighted by Gasteiger charge is 2.67. The molecule has 3 amide bonds. The molecule has 2 N–H and O–H groups in total. The van der Waals surface area contributed by atoms with Gasteiger partial charge in [0.05, 0.1) is 64.1 Å². The molecule has 3 fully saturated rings. The second-order valence-corrected chi connectivity index (χ2v) is 19.9. The lowest BCUT2D eigenvalue weighted by Crippen LogP contribution is -2.52. The van der Waals surface area contributed by atoms with Crippen LogP contribution in [-0.2, 0) is 31.3 Å². The Balaban J connectivity index is 1.29. The van der Waals surface area contributed by atoms with E-state index in [9.17, 15) is 24.8 Å². The van der Waals surface area contributed by atoms with Gasteiger partial charge in [0.2, 0.25) is 11.8 Å². The van der Waals surface area contributed by atoms with Crippen molar-refractivity contribution in [3.8, 4) is 5.75 Å². The number of aliphatic hydroxyl groups is 1. The molecule has 0 unspecified atom stereocenters. The molecule has 4 aliphatic rings. The summed E-state index contributed by atoms with van der Waals surface area (Å²) in [6.45, 7) is 8.57. The van der Waals surface area contributed by atoms with Gasteiger partial charge in [-0.2, -0.15) is 0 Å². The number of nitro benzene ring substituents is 1. The maximum atomic E-state index is 15.2. The number of carbonyl (C=O) groups excluding carboxylic acids is 3. The normalized spacial score (nSPS) is 25.7. The number of hydrogen-bond acceptors (Lipinski definition) is 9. The number of ether oxygens (including phenoxy) is 2. The monoisotopic (exact) mass is 741 g/mol. The molecule has 0 bridgehead atoms. The topological polar surface area (TPSA) is 155 Å². The van der Waals surface area contributed by atoms with E-state index in [1.807, 2.05) is 55.5 Å². The van der Waals surface area contributed by atoms with Crippen LogP contribution in [0.3, 0.4) is 0 Å². The van der Waals surface area contributed by atoms with E-state index in [0.717, 1.165) is 35.0 Å². The third kappa shape index (κ3) is 6.30. The fourth-order valence-electron chi connectivity index (χ4n) is 9.26. The lowest BCUT2D eigenvalue weighted by molar-refractivity contribution is -0.385. The fourth-order valence-corrected chi connectivity index (χ4v) is 13.3. The minimum absolute atomic E-state index is 0.0103. The third-order valence-electron chi connectivity index (χ3n) is 12.0. The number of rotatable bonds is 10. The van der Waals surface area contributed by atoms with E-state index in [0.29, 0.717) is 30.9 Å². The summed E-state index contributed by atoms with van der Waals surface area (Å²) in [5.74, 6) is -0.211. The Morgan fingerprint density at radius 3 is 2.49 bits per heavy atom. The van der Waals surface area contributed by atoms with Crippen molar-refractivity contribution in [2.45, 2.75) is 69.1 Å². The number of piperazine rings is 1. The number of likely N-dealkylation sites (tertiary alicyclic amines) is 1. The molecule has 14 heteroatoms. The molecule has 0 aliphatic carbocycles. The van der Waals surface area contributed by atoms with Crippen molar-refractivity contribution in [2.24, 2.45) is 5.92 Å². The number of carbonyl (C=O) groups is 3. The van der Waals surface area contributed by atoms with E-state index in [1.165, 1.54) is 12.1 Å². The summed E-state index contributed by atoms with van der Waals surface area (Å²) in [7, 11) is -0.972. The van der Waals surface area contributed by atoms with Crippen molar-refractivity contribution < 1.29 is 33.9 Å². The number of methoxy groups -OCH3 is 1. The van der Waals surface area contributed by atoms with E-state index in [4.69, 9.17) is 9.47 Å². The number of aliphatic hydroxyl groups excluding tert-OH is 1. The van der Waals surface area contributed by atoms with Crippen molar-refractivity contribution in [2.75, 3.05) is 49.7 Å². The highest BCUT2D eigenvalue weighted by molar-refractivity contribution is 6.91. The highest BCUT2D eigenvalue weighted by Crippen LogP contribution is 2.60. The Morgan fingerprint density at radius 1 is 1.09 bits per heavy atom. The zero-order valence-electron chi connectivity index (χ0n) is 30.6. The number of amides is 3. The number of nitrogens with one attached hydrogen (secondary N) is 1. The third-order valence-corrected chi connectivity index (χ3v) is 16.4. The van der Waals surface area contributed by atoms with Crippen LogP contribution >= 0.6 is 0 Å². The molecule has 3 aromatic rings. The van der Waals surface area contributed by atoms with Crippen LogP contribution in [-0.4, -0.2) is 92.8 Å². The standard InChI is InChI=1S/C39H47N5O8Si/c1-25-37(53(3,4)31-14-12-30(51-2)13-15-31)34(21-35(46)41-18-5-6-29(41)24-45)52-39(25)32-20-28(44(49)50)11-16-33(32)43(38(39)48)23-26-7-9-27(10-8-26)42-19-17-40-22-36(42)47/h7-16,20,25,29,34,37,40,45H,5-6,17-19,21-24H2,1-4H3/t25-,29+,34+,37-,39+/m1/s1. The molecule has 4 aliphatic heterocycles. The van der Waals surface area contributed by atoms with Gasteiger partial charge in [0.1, 0.15) is 5.75 Å².